The van der Waals surface area contributed by atoms with Crippen LogP contribution in [0.3, 0.4) is 0 Å². The second-order valence-electron chi connectivity index (χ2n) is 9.47. The van der Waals surface area contributed by atoms with E-state index in [-0.39, 0.29) is 17.1 Å². The van der Waals surface area contributed by atoms with E-state index in [0.29, 0.717) is 24.3 Å². The SMILES string of the molecule is CC(C)(C[C@](O)(CNC(=O)c1cnn(-c2ccccc2F)c1N)C(F)(F)F)c1cccc2c1OCC2. The van der Waals surface area contributed by atoms with Crippen LogP contribution in [0.15, 0.2) is 48.7 Å². The van der Waals surface area contributed by atoms with E-state index in [9.17, 15) is 27.5 Å². The van der Waals surface area contributed by atoms with E-state index in [0.717, 1.165) is 16.4 Å². The van der Waals surface area contributed by atoms with Crippen LogP contribution < -0.4 is 15.8 Å². The van der Waals surface area contributed by atoms with Gasteiger partial charge in [0.2, 0.25) is 0 Å². The molecule has 4 N–H and O–H groups in total. The summed E-state index contributed by atoms with van der Waals surface area (Å²) in [6.07, 6.45) is -4.12. The van der Waals surface area contributed by atoms with Gasteiger partial charge in [-0.1, -0.05) is 44.2 Å². The molecule has 36 heavy (non-hydrogen) atoms. The maximum absolute atomic E-state index is 14.1. The molecule has 4 rings (SSSR count). The molecular formula is C25H26F4N4O3. The number of para-hydroxylation sites is 2. The van der Waals surface area contributed by atoms with Gasteiger partial charge >= 0.3 is 6.18 Å². The Morgan fingerprint density at radius 3 is 2.61 bits per heavy atom. The highest BCUT2D eigenvalue weighted by atomic mass is 19.4. The average Bonchev–Trinajstić information content (AvgIpc) is 3.43. The highest BCUT2D eigenvalue weighted by molar-refractivity contribution is 5.98. The first kappa shape index (κ1) is 25.5. The van der Waals surface area contributed by atoms with Gasteiger partial charge in [-0.2, -0.15) is 18.3 Å². The number of nitrogens with one attached hydrogen (secondary N) is 1. The van der Waals surface area contributed by atoms with Crippen molar-refractivity contribution in [2.45, 2.75) is 43.9 Å². The summed E-state index contributed by atoms with van der Waals surface area (Å²) < 4.78 is 63.1. The Kier molecular flexibility index (Phi) is 6.46. The van der Waals surface area contributed by atoms with Gasteiger partial charge in [0, 0.05) is 12.0 Å². The number of halogens is 4. The van der Waals surface area contributed by atoms with Crippen LogP contribution in [-0.4, -0.2) is 45.7 Å². The number of nitrogen functional groups attached to an aromatic ring is 1. The number of hydrogen-bond acceptors (Lipinski definition) is 5. The van der Waals surface area contributed by atoms with Gasteiger partial charge in [0.05, 0.1) is 19.3 Å². The second kappa shape index (κ2) is 9.12. The van der Waals surface area contributed by atoms with Gasteiger partial charge in [0.1, 0.15) is 28.6 Å². The molecule has 1 amide bonds. The lowest BCUT2D eigenvalue weighted by atomic mass is 9.74. The third-order valence-corrected chi connectivity index (χ3v) is 6.38. The van der Waals surface area contributed by atoms with Crippen LogP contribution >= 0.6 is 0 Å². The molecule has 0 unspecified atom stereocenters. The van der Waals surface area contributed by atoms with Crippen molar-refractivity contribution in [2.24, 2.45) is 0 Å². The molecule has 7 nitrogen and oxygen atoms in total. The van der Waals surface area contributed by atoms with Gasteiger partial charge in [-0.3, -0.25) is 4.79 Å². The fraction of sp³-hybridized carbons (Fsp3) is 0.360. The molecule has 0 spiro atoms. The first-order chi connectivity index (χ1) is 16.8. The molecule has 2 aromatic carbocycles. The van der Waals surface area contributed by atoms with Crippen LogP contribution in [0, 0.1) is 5.82 Å². The third-order valence-electron chi connectivity index (χ3n) is 6.38. The molecule has 1 aliphatic heterocycles. The van der Waals surface area contributed by atoms with Crippen molar-refractivity contribution in [1.29, 1.82) is 0 Å². The van der Waals surface area contributed by atoms with Crippen molar-refractivity contribution in [3.05, 3.63) is 71.2 Å². The lowest BCUT2D eigenvalue weighted by Crippen LogP contribution is -2.56. The molecule has 192 valence electrons. The molecular weight excluding hydrogens is 480 g/mol. The molecule has 3 aromatic rings. The van der Waals surface area contributed by atoms with E-state index in [1.54, 1.807) is 26.0 Å². The molecule has 2 heterocycles. The number of amides is 1. The standard InChI is InChI=1S/C25H26F4N4O3/c1-23(2,17-7-5-6-15-10-11-36-20(15)17)13-24(35,25(27,28)29)14-31-22(34)16-12-32-33(21(16)30)19-9-4-3-8-18(19)26/h3-9,12,35H,10-11,13-14,30H2,1-2H3,(H,31,34)/t24-/m0/s1. The Bertz CT molecular complexity index is 1290. The molecule has 0 aliphatic carbocycles. The Balaban J connectivity index is 1.56. The summed E-state index contributed by atoms with van der Waals surface area (Å²) in [6, 6.07) is 10.8. The van der Waals surface area contributed by atoms with Gasteiger partial charge < -0.3 is 20.9 Å². The fourth-order valence-corrected chi connectivity index (χ4v) is 4.51. The number of alkyl halides is 3. The maximum atomic E-state index is 14.1. The smallest absolute Gasteiger partial charge is 0.418 e. The van der Waals surface area contributed by atoms with Crippen molar-refractivity contribution in [3.8, 4) is 11.4 Å². The minimum atomic E-state index is -5.06. The van der Waals surface area contributed by atoms with E-state index < -0.39 is 41.9 Å². The highest BCUT2D eigenvalue weighted by Crippen LogP contribution is 2.45. The lowest BCUT2D eigenvalue weighted by Gasteiger charge is -2.38. The van der Waals surface area contributed by atoms with Crippen LogP contribution in [0.4, 0.5) is 23.4 Å². The topological polar surface area (TPSA) is 102 Å². The van der Waals surface area contributed by atoms with Crippen LogP contribution in [-0.2, 0) is 11.8 Å². The molecule has 1 atom stereocenters. The normalized spacial score (nSPS) is 15.2. The number of rotatable bonds is 7. The number of nitrogens with two attached hydrogens (primary N) is 1. The maximum Gasteiger partial charge on any atom is 0.418 e. The Morgan fingerprint density at radius 2 is 1.92 bits per heavy atom. The van der Waals surface area contributed by atoms with Crippen molar-refractivity contribution < 1.29 is 32.2 Å². The van der Waals surface area contributed by atoms with Gasteiger partial charge in [-0.05, 0) is 29.5 Å². The zero-order valence-corrected chi connectivity index (χ0v) is 19.7. The van der Waals surface area contributed by atoms with E-state index in [4.69, 9.17) is 10.5 Å². The number of aromatic nitrogens is 2. The second-order valence-corrected chi connectivity index (χ2v) is 9.47. The van der Waals surface area contributed by atoms with Crippen molar-refractivity contribution in [3.63, 3.8) is 0 Å². The van der Waals surface area contributed by atoms with Crippen LogP contribution in [0.25, 0.3) is 5.69 Å². The first-order valence-corrected chi connectivity index (χ1v) is 11.2. The molecule has 0 saturated carbocycles. The minimum absolute atomic E-state index is 0.0276. The molecule has 1 aliphatic rings. The van der Waals surface area contributed by atoms with Crippen LogP contribution in [0.1, 0.15) is 41.8 Å². The van der Waals surface area contributed by atoms with E-state index >= 15 is 0 Å². The molecule has 0 fully saturated rings. The summed E-state index contributed by atoms with van der Waals surface area (Å²) in [5, 5.41) is 16.8. The van der Waals surface area contributed by atoms with Gasteiger partial charge in [0.25, 0.3) is 5.91 Å². The highest BCUT2D eigenvalue weighted by Gasteiger charge is 2.56. The fourth-order valence-electron chi connectivity index (χ4n) is 4.51. The van der Waals surface area contributed by atoms with Gasteiger partial charge in [-0.15, -0.1) is 0 Å². The Labute approximate surface area is 204 Å². The summed E-state index contributed by atoms with van der Waals surface area (Å²) in [7, 11) is 0. The summed E-state index contributed by atoms with van der Waals surface area (Å²) >= 11 is 0. The quantitative estimate of drug-likeness (QED) is 0.422. The number of aliphatic hydroxyl groups is 1. The number of benzene rings is 2. The third kappa shape index (κ3) is 4.62. The largest absolute Gasteiger partial charge is 0.493 e. The van der Waals surface area contributed by atoms with Gasteiger partial charge in [-0.25, -0.2) is 9.07 Å². The number of carbonyl (C=O) groups excluding carboxylic acids is 1. The number of nitrogens with zero attached hydrogens (tertiary/aromatic N) is 2. The van der Waals surface area contributed by atoms with Crippen molar-refractivity contribution in [1.82, 2.24) is 15.1 Å². The minimum Gasteiger partial charge on any atom is -0.493 e. The molecule has 0 radical (unpaired) electrons. The van der Waals surface area contributed by atoms with Crippen molar-refractivity contribution >= 4 is 11.7 Å². The lowest BCUT2D eigenvalue weighted by molar-refractivity contribution is -0.263. The molecule has 0 bridgehead atoms. The number of fused-ring (bicyclic) bond motifs is 1. The summed E-state index contributed by atoms with van der Waals surface area (Å²) in [4.78, 5) is 12.7. The zero-order valence-electron chi connectivity index (χ0n) is 19.7. The Morgan fingerprint density at radius 1 is 1.19 bits per heavy atom. The monoisotopic (exact) mass is 506 g/mol. The summed E-state index contributed by atoms with van der Waals surface area (Å²) in [5.74, 6) is -1.36. The van der Waals surface area contributed by atoms with Crippen LogP contribution in [0.5, 0.6) is 5.75 Å². The summed E-state index contributed by atoms with van der Waals surface area (Å²) in [5.41, 5.74) is 2.68. The average molecular weight is 507 g/mol. The molecule has 0 saturated heterocycles. The molecule has 11 heteroatoms. The Hall–Kier alpha value is -3.60. The predicted molar refractivity (Wildman–Crippen MR) is 125 cm³/mol. The number of anilines is 1. The molecule has 1 aromatic heterocycles. The number of carbonyl (C=O) groups is 1. The predicted octanol–water partition coefficient (Wildman–Crippen LogP) is 3.92. The van der Waals surface area contributed by atoms with E-state index in [1.165, 1.54) is 24.3 Å². The zero-order chi connectivity index (χ0) is 26.3. The first-order valence-electron chi connectivity index (χ1n) is 11.2. The number of hydrogen-bond donors (Lipinski definition) is 3. The van der Waals surface area contributed by atoms with E-state index in [1.807, 2.05) is 6.07 Å². The number of ether oxygens (including phenoxy) is 1. The van der Waals surface area contributed by atoms with Gasteiger partial charge in [0.15, 0.2) is 5.60 Å². The summed E-state index contributed by atoms with van der Waals surface area (Å²) in [6.45, 7) is 2.47. The van der Waals surface area contributed by atoms with E-state index in [2.05, 4.69) is 10.4 Å². The van der Waals surface area contributed by atoms with Crippen molar-refractivity contribution in [2.75, 3.05) is 18.9 Å². The van der Waals surface area contributed by atoms with Crippen LogP contribution in [0.2, 0.25) is 0 Å².